The molecule has 1 aromatic rings. The molecule has 0 spiro atoms. The van der Waals surface area contributed by atoms with Crippen LogP contribution in [0, 0.1) is 17.8 Å². The first-order valence-corrected chi connectivity index (χ1v) is 8.24. The molecule has 0 aromatic heterocycles. The molecule has 1 nitrogen and oxygen atoms in total. The Kier molecular flexibility index (Phi) is 4.00. The average molecular weight is 342 g/mol. The highest BCUT2D eigenvalue weighted by atomic mass is 79.9. The van der Waals surface area contributed by atoms with Gasteiger partial charge in [0.05, 0.1) is 0 Å². The Morgan fingerprint density at radius 3 is 2.79 bits per heavy atom. The van der Waals surface area contributed by atoms with E-state index < -0.39 is 0 Å². The number of Topliss-reactive ketones (excluding diaryl/α,β-unsaturated/α-hetero) is 1. The number of benzene rings is 1. The standard InChI is InChI=1S/C16H18BrClO/c17-14-4-3-12(16(18)9-14)7-15(19)8-13-6-10-1-2-11(13)5-10/h3-4,9-11,13H,1-2,5-8H2. The first kappa shape index (κ1) is 13.6. The molecular weight excluding hydrogens is 324 g/mol. The number of halogens is 2. The summed E-state index contributed by atoms with van der Waals surface area (Å²) in [5, 5.41) is 0.690. The highest BCUT2D eigenvalue weighted by Crippen LogP contribution is 2.49. The van der Waals surface area contributed by atoms with Crippen LogP contribution in [0.25, 0.3) is 0 Å². The molecule has 2 fully saturated rings. The second-order valence-electron chi connectivity index (χ2n) is 6.09. The summed E-state index contributed by atoms with van der Waals surface area (Å²) in [4.78, 5) is 12.2. The molecule has 0 saturated heterocycles. The number of rotatable bonds is 4. The number of fused-ring (bicyclic) bond motifs is 2. The van der Waals surface area contributed by atoms with Gasteiger partial charge in [0.1, 0.15) is 5.78 Å². The number of hydrogen-bond acceptors (Lipinski definition) is 1. The van der Waals surface area contributed by atoms with Gasteiger partial charge in [-0.15, -0.1) is 0 Å². The Bertz CT molecular complexity index is 500. The molecule has 2 bridgehead atoms. The molecule has 3 unspecified atom stereocenters. The maximum Gasteiger partial charge on any atom is 0.137 e. The van der Waals surface area contributed by atoms with Gasteiger partial charge in [-0.05, 0) is 54.7 Å². The molecule has 0 radical (unpaired) electrons. The van der Waals surface area contributed by atoms with Crippen LogP contribution in [0.3, 0.4) is 0 Å². The van der Waals surface area contributed by atoms with E-state index in [9.17, 15) is 4.79 Å². The van der Waals surface area contributed by atoms with Crippen molar-refractivity contribution in [2.24, 2.45) is 17.8 Å². The first-order valence-electron chi connectivity index (χ1n) is 7.07. The Balaban J connectivity index is 1.59. The zero-order chi connectivity index (χ0) is 13.4. The molecule has 1 aromatic carbocycles. The monoisotopic (exact) mass is 340 g/mol. The van der Waals surface area contributed by atoms with Gasteiger partial charge in [0.2, 0.25) is 0 Å². The fraction of sp³-hybridized carbons (Fsp3) is 0.562. The highest BCUT2D eigenvalue weighted by molar-refractivity contribution is 9.10. The maximum atomic E-state index is 12.2. The van der Waals surface area contributed by atoms with Crippen LogP contribution in [0.4, 0.5) is 0 Å². The van der Waals surface area contributed by atoms with E-state index in [-0.39, 0.29) is 0 Å². The van der Waals surface area contributed by atoms with E-state index in [1.54, 1.807) is 0 Å². The lowest BCUT2D eigenvalue weighted by molar-refractivity contribution is -0.119. The summed E-state index contributed by atoms with van der Waals surface area (Å²) in [5.74, 6) is 2.75. The van der Waals surface area contributed by atoms with Gasteiger partial charge >= 0.3 is 0 Å². The third kappa shape index (κ3) is 3.05. The van der Waals surface area contributed by atoms with Crippen LogP contribution in [0.15, 0.2) is 22.7 Å². The molecule has 0 N–H and O–H groups in total. The molecule has 2 aliphatic carbocycles. The van der Waals surface area contributed by atoms with E-state index in [0.29, 0.717) is 23.1 Å². The average Bonchev–Trinajstić information content (AvgIpc) is 2.95. The zero-order valence-corrected chi connectivity index (χ0v) is 13.2. The molecule has 3 heteroatoms. The lowest BCUT2D eigenvalue weighted by Crippen LogP contribution is -2.16. The van der Waals surface area contributed by atoms with Crippen molar-refractivity contribution in [3.8, 4) is 0 Å². The van der Waals surface area contributed by atoms with E-state index in [4.69, 9.17) is 11.6 Å². The predicted octanol–water partition coefficient (Wildman–Crippen LogP) is 5.04. The van der Waals surface area contributed by atoms with Crippen molar-refractivity contribution in [2.45, 2.75) is 38.5 Å². The smallest absolute Gasteiger partial charge is 0.137 e. The molecular formula is C16H18BrClO. The molecule has 0 amide bonds. The zero-order valence-electron chi connectivity index (χ0n) is 10.9. The lowest BCUT2D eigenvalue weighted by Gasteiger charge is -2.20. The summed E-state index contributed by atoms with van der Waals surface area (Å²) in [7, 11) is 0. The summed E-state index contributed by atoms with van der Waals surface area (Å²) < 4.78 is 0.960. The van der Waals surface area contributed by atoms with E-state index >= 15 is 0 Å². The molecule has 0 heterocycles. The lowest BCUT2D eigenvalue weighted by atomic mass is 9.84. The van der Waals surface area contributed by atoms with Crippen LogP contribution in [0.1, 0.15) is 37.7 Å². The Hall–Kier alpha value is -0.340. The normalized spacial score (nSPS) is 28.8. The molecule has 2 saturated carbocycles. The van der Waals surface area contributed by atoms with Crippen molar-refractivity contribution in [1.82, 2.24) is 0 Å². The molecule has 3 rings (SSSR count). The van der Waals surface area contributed by atoms with Crippen LogP contribution in [-0.2, 0) is 11.2 Å². The van der Waals surface area contributed by atoms with Gasteiger partial charge in [-0.3, -0.25) is 4.79 Å². The van der Waals surface area contributed by atoms with Crippen molar-refractivity contribution < 1.29 is 4.79 Å². The van der Waals surface area contributed by atoms with Crippen molar-refractivity contribution in [3.63, 3.8) is 0 Å². The second-order valence-corrected chi connectivity index (χ2v) is 7.41. The van der Waals surface area contributed by atoms with Crippen LogP contribution in [0.2, 0.25) is 5.02 Å². The summed E-state index contributed by atoms with van der Waals surface area (Å²) in [5.41, 5.74) is 0.957. The summed E-state index contributed by atoms with van der Waals surface area (Å²) >= 11 is 9.56. The van der Waals surface area contributed by atoms with Crippen LogP contribution in [0.5, 0.6) is 0 Å². The van der Waals surface area contributed by atoms with Gasteiger partial charge in [-0.2, -0.15) is 0 Å². The second kappa shape index (κ2) is 5.57. The minimum Gasteiger partial charge on any atom is -0.299 e. The fourth-order valence-electron chi connectivity index (χ4n) is 3.87. The third-order valence-electron chi connectivity index (χ3n) is 4.78. The van der Waals surface area contributed by atoms with E-state index in [0.717, 1.165) is 28.3 Å². The number of carbonyl (C=O) groups excluding carboxylic acids is 1. The van der Waals surface area contributed by atoms with Gasteiger partial charge in [-0.25, -0.2) is 0 Å². The van der Waals surface area contributed by atoms with E-state index in [1.165, 1.54) is 25.7 Å². The molecule has 2 aliphatic rings. The van der Waals surface area contributed by atoms with Crippen molar-refractivity contribution in [1.29, 1.82) is 0 Å². The van der Waals surface area contributed by atoms with E-state index in [1.807, 2.05) is 18.2 Å². The Morgan fingerprint density at radius 2 is 2.16 bits per heavy atom. The summed E-state index contributed by atoms with van der Waals surface area (Å²) in [6.07, 6.45) is 6.64. The number of ketones is 1. The quantitative estimate of drug-likeness (QED) is 0.749. The summed E-state index contributed by atoms with van der Waals surface area (Å²) in [6.45, 7) is 0. The Labute approximate surface area is 127 Å². The largest absolute Gasteiger partial charge is 0.299 e. The van der Waals surface area contributed by atoms with E-state index in [2.05, 4.69) is 15.9 Å². The van der Waals surface area contributed by atoms with Gasteiger partial charge in [0, 0.05) is 22.3 Å². The Morgan fingerprint density at radius 1 is 1.32 bits per heavy atom. The van der Waals surface area contributed by atoms with Crippen LogP contribution >= 0.6 is 27.5 Å². The van der Waals surface area contributed by atoms with Gasteiger partial charge in [-0.1, -0.05) is 40.0 Å². The number of hydrogen-bond donors (Lipinski definition) is 0. The van der Waals surface area contributed by atoms with Gasteiger partial charge in [0.15, 0.2) is 0 Å². The van der Waals surface area contributed by atoms with Crippen molar-refractivity contribution in [2.75, 3.05) is 0 Å². The topological polar surface area (TPSA) is 17.1 Å². The van der Waals surface area contributed by atoms with Gasteiger partial charge in [0.25, 0.3) is 0 Å². The minimum atomic E-state index is 0.349. The highest BCUT2D eigenvalue weighted by Gasteiger charge is 2.39. The molecule has 3 atom stereocenters. The SMILES string of the molecule is O=C(Cc1ccc(Br)cc1Cl)CC1CC2CCC1C2. The van der Waals surface area contributed by atoms with Gasteiger partial charge < -0.3 is 0 Å². The predicted molar refractivity (Wildman–Crippen MR) is 81.4 cm³/mol. The van der Waals surface area contributed by atoms with Crippen LogP contribution < -0.4 is 0 Å². The first-order chi connectivity index (χ1) is 9.11. The van der Waals surface area contributed by atoms with Crippen LogP contribution in [-0.4, -0.2) is 5.78 Å². The molecule has 19 heavy (non-hydrogen) atoms. The summed E-state index contributed by atoms with van der Waals surface area (Å²) in [6, 6.07) is 5.76. The number of carbonyl (C=O) groups is 1. The van der Waals surface area contributed by atoms with Crippen molar-refractivity contribution >= 4 is 33.3 Å². The third-order valence-corrected chi connectivity index (χ3v) is 5.62. The maximum absolute atomic E-state index is 12.2. The minimum absolute atomic E-state index is 0.349. The van der Waals surface area contributed by atoms with Crippen molar-refractivity contribution in [3.05, 3.63) is 33.3 Å². The molecule has 102 valence electrons. The fourth-order valence-corrected chi connectivity index (χ4v) is 4.61. The molecule has 0 aliphatic heterocycles.